The van der Waals surface area contributed by atoms with E-state index in [-0.39, 0.29) is 30.6 Å². The van der Waals surface area contributed by atoms with Gasteiger partial charge in [-0.3, -0.25) is 4.79 Å². The molecule has 222 valence electrons. The molecule has 40 heavy (non-hydrogen) atoms. The van der Waals surface area contributed by atoms with Gasteiger partial charge in [-0.1, -0.05) is 11.6 Å². The minimum atomic E-state index is -0.634. The summed E-state index contributed by atoms with van der Waals surface area (Å²) in [6, 6.07) is 5.71. The van der Waals surface area contributed by atoms with Crippen LogP contribution in [0.5, 0.6) is 11.5 Å². The largest absolute Gasteiger partial charge is 0.487 e. The van der Waals surface area contributed by atoms with Crippen molar-refractivity contribution in [3.8, 4) is 11.5 Å². The summed E-state index contributed by atoms with van der Waals surface area (Å²) >= 11 is 0. The number of carbonyl (C=O) groups excluding carboxylic acids is 2. The number of allylic oxidation sites excluding steroid dienone is 2. The third-order valence-electron chi connectivity index (χ3n) is 7.86. The third kappa shape index (κ3) is 6.92. The predicted octanol–water partition coefficient (Wildman–Crippen LogP) is 5.13. The summed E-state index contributed by atoms with van der Waals surface area (Å²) in [7, 11) is 3.41. The molecule has 0 radical (unpaired) electrons. The molecule has 4 rings (SSSR count). The molecule has 2 amide bonds. The van der Waals surface area contributed by atoms with Crippen LogP contribution in [0, 0.1) is 5.92 Å². The molecule has 0 unspecified atom stereocenters. The number of hydrogen-bond donors (Lipinski definition) is 0. The molecule has 0 aromatic heterocycles. The number of fused-ring (bicyclic) bond motifs is 3. The second-order valence-electron chi connectivity index (χ2n) is 13.0. The first-order valence-corrected chi connectivity index (χ1v) is 14.2. The zero-order chi connectivity index (χ0) is 29.3. The van der Waals surface area contributed by atoms with Gasteiger partial charge in [-0.05, 0) is 72.9 Å². The zero-order valence-electron chi connectivity index (χ0n) is 25.4. The molecule has 3 aliphatic rings. The maximum absolute atomic E-state index is 12.9. The maximum atomic E-state index is 12.9. The van der Waals surface area contributed by atoms with Crippen LogP contribution >= 0.6 is 0 Å². The van der Waals surface area contributed by atoms with Crippen LogP contribution in [0.25, 0.3) is 0 Å². The van der Waals surface area contributed by atoms with Gasteiger partial charge < -0.3 is 33.5 Å². The summed E-state index contributed by atoms with van der Waals surface area (Å²) in [5.74, 6) is 1.18. The van der Waals surface area contributed by atoms with E-state index in [0.717, 1.165) is 18.4 Å². The SMILES string of the molecule is CC(C)=CCC[C@]1(C)Oc2cc(OCC(=O)N(C)C)ccc2[C@H]2OC[C@@]3(C[C@@H]21)CN(C(=O)OC(C)(C)C)CCO3. The highest BCUT2D eigenvalue weighted by atomic mass is 16.6. The van der Waals surface area contributed by atoms with Crippen LogP contribution in [0.4, 0.5) is 4.79 Å². The van der Waals surface area contributed by atoms with Crippen molar-refractivity contribution in [3.63, 3.8) is 0 Å². The van der Waals surface area contributed by atoms with E-state index in [0.29, 0.717) is 44.2 Å². The highest BCUT2D eigenvalue weighted by Crippen LogP contribution is 2.54. The standard InChI is InChI=1S/C31H46N2O7/c1-21(2)10-9-13-30(6)24-17-31(19-33(14-15-38-31)28(35)40-29(3,4)5)20-37-27(24)23-12-11-22(16-25(23)39-30)36-18-26(34)32(7)8/h10-12,16,24,27H,9,13-15,17-20H2,1-8H3/t24-,27+,30-,31+/m0/s1. The molecular weight excluding hydrogens is 512 g/mol. The topological polar surface area (TPSA) is 86.8 Å². The monoisotopic (exact) mass is 558 g/mol. The summed E-state index contributed by atoms with van der Waals surface area (Å²) in [5.41, 5.74) is 0.476. The smallest absolute Gasteiger partial charge is 0.410 e. The number of morpholine rings is 1. The van der Waals surface area contributed by atoms with Crippen molar-refractivity contribution >= 4 is 12.0 Å². The lowest BCUT2D eigenvalue weighted by Crippen LogP contribution is -2.63. The molecular formula is C31H46N2O7. The summed E-state index contributed by atoms with van der Waals surface area (Å²) in [6.45, 7) is 13.6. The Balaban J connectivity index is 1.59. The number of hydrogen-bond acceptors (Lipinski definition) is 7. The first-order valence-electron chi connectivity index (χ1n) is 14.2. The molecule has 0 saturated carbocycles. The molecule has 9 heteroatoms. The van der Waals surface area contributed by atoms with Gasteiger partial charge in [0.25, 0.3) is 5.91 Å². The predicted molar refractivity (Wildman–Crippen MR) is 152 cm³/mol. The van der Waals surface area contributed by atoms with E-state index >= 15 is 0 Å². The quantitative estimate of drug-likeness (QED) is 0.447. The summed E-state index contributed by atoms with van der Waals surface area (Å²) in [4.78, 5) is 28.2. The van der Waals surface area contributed by atoms with E-state index < -0.39 is 16.8 Å². The number of rotatable bonds is 6. The number of amides is 2. The van der Waals surface area contributed by atoms with Crippen molar-refractivity contribution in [2.24, 2.45) is 5.92 Å². The maximum Gasteiger partial charge on any atom is 0.410 e. The highest BCUT2D eigenvalue weighted by Gasteiger charge is 2.55. The van der Waals surface area contributed by atoms with Crippen molar-refractivity contribution in [2.75, 3.05) is 47.0 Å². The molecule has 4 atom stereocenters. The Morgan fingerprint density at radius 1 is 1.23 bits per heavy atom. The van der Waals surface area contributed by atoms with Gasteiger partial charge >= 0.3 is 6.09 Å². The van der Waals surface area contributed by atoms with Gasteiger partial charge in [0.05, 0.1) is 25.9 Å². The molecule has 3 heterocycles. The van der Waals surface area contributed by atoms with Crippen LogP contribution in [0.15, 0.2) is 29.8 Å². The number of carbonyl (C=O) groups is 2. The lowest BCUT2D eigenvalue weighted by atomic mass is 9.69. The van der Waals surface area contributed by atoms with E-state index in [1.54, 1.807) is 19.0 Å². The van der Waals surface area contributed by atoms with Crippen LogP contribution in [-0.4, -0.2) is 85.6 Å². The van der Waals surface area contributed by atoms with Crippen molar-refractivity contribution in [1.82, 2.24) is 9.80 Å². The Morgan fingerprint density at radius 3 is 2.65 bits per heavy atom. The molecule has 0 N–H and O–H groups in total. The fourth-order valence-electron chi connectivity index (χ4n) is 5.72. The van der Waals surface area contributed by atoms with E-state index in [4.69, 9.17) is 23.7 Å². The van der Waals surface area contributed by atoms with E-state index in [1.807, 2.05) is 39.0 Å². The zero-order valence-corrected chi connectivity index (χ0v) is 25.4. The van der Waals surface area contributed by atoms with Crippen molar-refractivity contribution in [3.05, 3.63) is 35.4 Å². The normalized spacial score (nSPS) is 27.6. The van der Waals surface area contributed by atoms with Gasteiger partial charge in [-0.25, -0.2) is 4.79 Å². The van der Waals surface area contributed by atoms with Crippen LogP contribution in [-0.2, 0) is 19.0 Å². The number of ether oxygens (including phenoxy) is 5. The lowest BCUT2D eigenvalue weighted by Gasteiger charge is -2.55. The summed E-state index contributed by atoms with van der Waals surface area (Å²) in [6.07, 6.45) is 4.06. The molecule has 1 spiro atoms. The van der Waals surface area contributed by atoms with Gasteiger partial charge in [0, 0.05) is 38.2 Å². The van der Waals surface area contributed by atoms with Gasteiger partial charge in [0.1, 0.15) is 28.3 Å². The van der Waals surface area contributed by atoms with Crippen LogP contribution < -0.4 is 9.47 Å². The third-order valence-corrected chi connectivity index (χ3v) is 7.86. The first-order chi connectivity index (χ1) is 18.7. The molecule has 2 fully saturated rings. The Morgan fingerprint density at radius 2 is 1.98 bits per heavy atom. The van der Waals surface area contributed by atoms with Crippen molar-refractivity contribution < 1.29 is 33.3 Å². The fraction of sp³-hybridized carbons (Fsp3) is 0.677. The molecule has 0 aliphatic carbocycles. The minimum absolute atomic E-state index is 0.0000131. The summed E-state index contributed by atoms with van der Waals surface area (Å²) < 4.78 is 31.2. The van der Waals surface area contributed by atoms with Gasteiger partial charge in [0.15, 0.2) is 6.61 Å². The lowest BCUT2D eigenvalue weighted by molar-refractivity contribution is -0.231. The Labute approximate surface area is 238 Å². The van der Waals surface area contributed by atoms with Crippen molar-refractivity contribution in [2.45, 2.75) is 83.7 Å². The van der Waals surface area contributed by atoms with E-state index in [9.17, 15) is 9.59 Å². The number of benzene rings is 1. The fourth-order valence-corrected chi connectivity index (χ4v) is 5.72. The van der Waals surface area contributed by atoms with Crippen molar-refractivity contribution in [1.29, 1.82) is 0 Å². The van der Waals surface area contributed by atoms with E-state index in [1.165, 1.54) is 10.5 Å². The highest BCUT2D eigenvalue weighted by molar-refractivity contribution is 5.77. The Bertz CT molecular complexity index is 1120. The van der Waals surface area contributed by atoms with Gasteiger partial charge in [0.2, 0.25) is 0 Å². The molecule has 2 saturated heterocycles. The molecule has 9 nitrogen and oxygen atoms in total. The minimum Gasteiger partial charge on any atom is -0.487 e. The first kappa shape index (κ1) is 30.2. The van der Waals surface area contributed by atoms with Gasteiger partial charge in [-0.2, -0.15) is 0 Å². The molecule has 1 aromatic carbocycles. The Hall–Kier alpha value is -2.78. The Kier molecular flexibility index (Phi) is 8.76. The van der Waals surface area contributed by atoms with Crippen LogP contribution in [0.3, 0.4) is 0 Å². The second-order valence-corrected chi connectivity index (χ2v) is 13.0. The number of likely N-dealkylation sites (N-methyl/N-ethyl adjacent to an activating group) is 1. The number of nitrogens with zero attached hydrogens (tertiary/aromatic N) is 2. The second kappa shape index (κ2) is 11.6. The summed E-state index contributed by atoms with van der Waals surface area (Å²) in [5, 5.41) is 0. The van der Waals surface area contributed by atoms with Gasteiger partial charge in [-0.15, -0.1) is 0 Å². The average Bonchev–Trinajstić information content (AvgIpc) is 2.86. The molecule has 3 aliphatic heterocycles. The molecule has 0 bridgehead atoms. The average molecular weight is 559 g/mol. The molecule has 1 aromatic rings. The van der Waals surface area contributed by atoms with E-state index in [2.05, 4.69) is 26.8 Å². The van der Waals surface area contributed by atoms with Crippen LogP contribution in [0.2, 0.25) is 0 Å². The van der Waals surface area contributed by atoms with Crippen LogP contribution in [0.1, 0.15) is 72.5 Å².